The van der Waals surface area contributed by atoms with Crippen molar-refractivity contribution in [2.75, 3.05) is 6.54 Å². The van der Waals surface area contributed by atoms with E-state index in [-0.39, 0.29) is 0 Å². The highest BCUT2D eigenvalue weighted by molar-refractivity contribution is 5.68. The van der Waals surface area contributed by atoms with Gasteiger partial charge in [0.1, 0.15) is 0 Å². The summed E-state index contributed by atoms with van der Waals surface area (Å²) in [6.07, 6.45) is 1.15. The van der Waals surface area contributed by atoms with E-state index >= 15 is 0 Å². The molecular formula is C20H27N. The number of hydrogen-bond donors (Lipinski definition) is 1. The molecule has 2 rings (SSSR count). The van der Waals surface area contributed by atoms with Crippen LogP contribution in [0.3, 0.4) is 0 Å². The second-order valence-electron chi connectivity index (χ2n) is 6.22. The Morgan fingerprint density at radius 3 is 2.24 bits per heavy atom. The Morgan fingerprint density at radius 2 is 1.62 bits per heavy atom. The van der Waals surface area contributed by atoms with Gasteiger partial charge in [0.25, 0.3) is 0 Å². The number of nitrogens with one attached hydrogen (secondary N) is 1. The molecule has 1 N–H and O–H groups in total. The van der Waals surface area contributed by atoms with Gasteiger partial charge in [-0.25, -0.2) is 0 Å². The Hall–Kier alpha value is -1.60. The van der Waals surface area contributed by atoms with Crippen LogP contribution >= 0.6 is 0 Å². The van der Waals surface area contributed by atoms with Crippen LogP contribution in [-0.2, 0) is 13.0 Å². The third-order valence-electron chi connectivity index (χ3n) is 3.79. The van der Waals surface area contributed by atoms with E-state index in [1.165, 1.54) is 27.8 Å². The van der Waals surface area contributed by atoms with E-state index in [0.717, 1.165) is 19.5 Å². The van der Waals surface area contributed by atoms with Gasteiger partial charge in [0, 0.05) is 6.54 Å². The zero-order chi connectivity index (χ0) is 15.2. The fourth-order valence-corrected chi connectivity index (χ4v) is 2.65. The summed E-state index contributed by atoms with van der Waals surface area (Å²) in [5.41, 5.74) is 6.78. The van der Waals surface area contributed by atoms with E-state index in [0.29, 0.717) is 5.92 Å². The van der Waals surface area contributed by atoms with Gasteiger partial charge in [-0.15, -0.1) is 0 Å². The molecular weight excluding hydrogens is 254 g/mol. The highest BCUT2D eigenvalue weighted by atomic mass is 14.8. The van der Waals surface area contributed by atoms with Gasteiger partial charge in [-0.1, -0.05) is 57.2 Å². The maximum Gasteiger partial charge on any atom is 0.0205 e. The molecule has 0 heterocycles. The van der Waals surface area contributed by atoms with Crippen LogP contribution in [-0.4, -0.2) is 6.54 Å². The van der Waals surface area contributed by atoms with Crippen molar-refractivity contribution in [1.29, 1.82) is 0 Å². The quantitative estimate of drug-likeness (QED) is 0.788. The first-order valence-electron chi connectivity index (χ1n) is 7.99. The monoisotopic (exact) mass is 281 g/mol. The summed E-state index contributed by atoms with van der Waals surface area (Å²) < 4.78 is 0. The highest BCUT2D eigenvalue weighted by Gasteiger charge is 2.04. The van der Waals surface area contributed by atoms with Gasteiger partial charge >= 0.3 is 0 Å². The topological polar surface area (TPSA) is 12.0 Å². The molecule has 0 saturated carbocycles. The number of hydrogen-bond acceptors (Lipinski definition) is 1. The lowest BCUT2D eigenvalue weighted by Crippen LogP contribution is -2.11. The Labute approximate surface area is 129 Å². The Balaban J connectivity index is 2.23. The van der Waals surface area contributed by atoms with Crippen LogP contribution in [0.15, 0.2) is 42.5 Å². The molecule has 112 valence electrons. The molecule has 0 aliphatic rings. The van der Waals surface area contributed by atoms with Crippen LogP contribution in [0.5, 0.6) is 0 Å². The van der Waals surface area contributed by atoms with E-state index in [1.807, 2.05) is 0 Å². The molecule has 1 heteroatoms. The number of rotatable bonds is 6. The average Bonchev–Trinajstić information content (AvgIpc) is 2.47. The van der Waals surface area contributed by atoms with Gasteiger partial charge in [-0.05, 0) is 59.7 Å². The lowest BCUT2D eigenvalue weighted by molar-refractivity contribution is 0.647. The van der Waals surface area contributed by atoms with Crippen LogP contribution < -0.4 is 5.32 Å². The van der Waals surface area contributed by atoms with Crippen molar-refractivity contribution in [1.82, 2.24) is 5.32 Å². The van der Waals surface area contributed by atoms with Gasteiger partial charge in [-0.3, -0.25) is 0 Å². The normalized spacial score (nSPS) is 11.1. The van der Waals surface area contributed by atoms with E-state index < -0.39 is 0 Å². The highest BCUT2D eigenvalue weighted by Crippen LogP contribution is 2.25. The standard InChI is InChI=1S/C20H27N/c1-5-21-14-18-7-6-16(4)20(13-18)19-10-8-17(9-11-19)12-15(2)3/h6-11,13,15,21H,5,12,14H2,1-4H3. The van der Waals surface area contributed by atoms with Crippen molar-refractivity contribution >= 4 is 0 Å². The fourth-order valence-electron chi connectivity index (χ4n) is 2.65. The molecule has 0 fully saturated rings. The van der Waals surface area contributed by atoms with Gasteiger partial charge in [0.05, 0.1) is 0 Å². The maximum absolute atomic E-state index is 3.39. The largest absolute Gasteiger partial charge is 0.313 e. The van der Waals surface area contributed by atoms with Crippen molar-refractivity contribution in [3.63, 3.8) is 0 Å². The molecule has 0 spiro atoms. The molecule has 0 aromatic heterocycles. The zero-order valence-corrected chi connectivity index (χ0v) is 13.7. The van der Waals surface area contributed by atoms with Crippen LogP contribution in [0, 0.1) is 12.8 Å². The lowest BCUT2D eigenvalue weighted by atomic mass is 9.95. The van der Waals surface area contributed by atoms with Gasteiger partial charge in [-0.2, -0.15) is 0 Å². The maximum atomic E-state index is 3.39. The molecule has 0 amide bonds. The fraction of sp³-hybridized carbons (Fsp3) is 0.400. The minimum absolute atomic E-state index is 0.709. The first-order chi connectivity index (χ1) is 10.1. The predicted molar refractivity (Wildman–Crippen MR) is 92.5 cm³/mol. The summed E-state index contributed by atoms with van der Waals surface area (Å²) in [5.74, 6) is 0.709. The predicted octanol–water partition coefficient (Wildman–Crippen LogP) is 4.97. The lowest BCUT2D eigenvalue weighted by Gasteiger charge is -2.11. The van der Waals surface area contributed by atoms with Crippen molar-refractivity contribution < 1.29 is 0 Å². The smallest absolute Gasteiger partial charge is 0.0205 e. The van der Waals surface area contributed by atoms with E-state index in [2.05, 4.69) is 75.5 Å². The molecule has 0 saturated heterocycles. The summed E-state index contributed by atoms with van der Waals surface area (Å²) in [7, 11) is 0. The van der Waals surface area contributed by atoms with Crippen molar-refractivity contribution in [3.8, 4) is 11.1 Å². The van der Waals surface area contributed by atoms with Gasteiger partial charge < -0.3 is 5.32 Å². The van der Waals surface area contributed by atoms with Crippen LogP contribution in [0.25, 0.3) is 11.1 Å². The Morgan fingerprint density at radius 1 is 0.952 bits per heavy atom. The first kappa shape index (κ1) is 15.8. The minimum Gasteiger partial charge on any atom is -0.313 e. The summed E-state index contributed by atoms with van der Waals surface area (Å²) in [6, 6.07) is 15.8. The summed E-state index contributed by atoms with van der Waals surface area (Å²) in [4.78, 5) is 0. The van der Waals surface area contributed by atoms with Gasteiger partial charge in [0.15, 0.2) is 0 Å². The van der Waals surface area contributed by atoms with Gasteiger partial charge in [0.2, 0.25) is 0 Å². The van der Waals surface area contributed by atoms with Crippen molar-refractivity contribution in [3.05, 3.63) is 59.2 Å². The first-order valence-corrected chi connectivity index (χ1v) is 7.99. The Bertz CT molecular complexity index is 567. The summed E-state index contributed by atoms with van der Waals surface area (Å²) in [6.45, 7) is 10.8. The van der Waals surface area contributed by atoms with E-state index in [1.54, 1.807) is 0 Å². The average molecular weight is 281 g/mol. The van der Waals surface area contributed by atoms with E-state index in [9.17, 15) is 0 Å². The molecule has 2 aromatic carbocycles. The molecule has 2 aromatic rings. The van der Waals surface area contributed by atoms with Crippen molar-refractivity contribution in [2.24, 2.45) is 5.92 Å². The molecule has 0 bridgehead atoms. The third kappa shape index (κ3) is 4.44. The Kier molecular flexibility index (Phi) is 5.58. The third-order valence-corrected chi connectivity index (χ3v) is 3.79. The zero-order valence-electron chi connectivity index (χ0n) is 13.7. The summed E-state index contributed by atoms with van der Waals surface area (Å²) in [5, 5.41) is 3.39. The summed E-state index contributed by atoms with van der Waals surface area (Å²) >= 11 is 0. The van der Waals surface area contributed by atoms with Crippen LogP contribution in [0.1, 0.15) is 37.5 Å². The second-order valence-corrected chi connectivity index (χ2v) is 6.22. The van der Waals surface area contributed by atoms with Crippen LogP contribution in [0.4, 0.5) is 0 Å². The SMILES string of the molecule is CCNCc1ccc(C)c(-c2ccc(CC(C)C)cc2)c1. The number of benzene rings is 2. The molecule has 0 radical (unpaired) electrons. The number of aryl methyl sites for hydroxylation is 1. The molecule has 21 heavy (non-hydrogen) atoms. The molecule has 0 unspecified atom stereocenters. The molecule has 0 atom stereocenters. The van der Waals surface area contributed by atoms with E-state index in [4.69, 9.17) is 0 Å². The minimum atomic E-state index is 0.709. The molecule has 0 aliphatic heterocycles. The molecule has 0 aliphatic carbocycles. The second kappa shape index (κ2) is 7.42. The molecule has 1 nitrogen and oxygen atoms in total. The van der Waals surface area contributed by atoms with Crippen molar-refractivity contribution in [2.45, 2.75) is 40.7 Å². The van der Waals surface area contributed by atoms with Crippen LogP contribution in [0.2, 0.25) is 0 Å².